The second kappa shape index (κ2) is 5.93. The molecule has 0 spiro atoms. The Balaban J connectivity index is 0.00000180. The first-order valence-corrected chi connectivity index (χ1v) is 6.32. The predicted octanol–water partition coefficient (Wildman–Crippen LogP) is 1.87. The molecule has 0 fully saturated rings. The number of nitrogens with two attached hydrogens (primary N) is 1. The van der Waals surface area contributed by atoms with Crippen molar-refractivity contribution < 1.29 is 4.48 Å². The summed E-state index contributed by atoms with van der Waals surface area (Å²) in [7, 11) is 4.43. The average Bonchev–Trinajstić information content (AvgIpc) is 2.67. The number of fused-ring (bicyclic) bond motifs is 1. The van der Waals surface area contributed by atoms with Gasteiger partial charge in [-0.2, -0.15) is 0 Å². The summed E-state index contributed by atoms with van der Waals surface area (Å²) in [6.07, 6.45) is 1.91. The van der Waals surface area contributed by atoms with Crippen LogP contribution < -0.4 is 11.1 Å². The van der Waals surface area contributed by atoms with E-state index in [2.05, 4.69) is 31.4 Å². The van der Waals surface area contributed by atoms with Gasteiger partial charge >= 0.3 is 0 Å². The van der Waals surface area contributed by atoms with Crippen molar-refractivity contribution in [3.8, 4) is 0 Å². The number of nitrogens with one attached hydrogen (secondary N) is 1. The van der Waals surface area contributed by atoms with Crippen LogP contribution in [0.25, 0.3) is 5.52 Å². The Hall–Kier alpha value is -1.75. The number of rotatable bonds is 5. The van der Waals surface area contributed by atoms with Crippen molar-refractivity contribution in [2.24, 2.45) is 0 Å². The number of quaternary nitrogens is 1. The van der Waals surface area contributed by atoms with Gasteiger partial charge in [-0.05, 0) is 19.1 Å². The molecule has 0 saturated heterocycles. The highest BCUT2D eigenvalue weighted by Crippen LogP contribution is 2.22. The van der Waals surface area contributed by atoms with Crippen LogP contribution in [0.5, 0.6) is 0 Å². The first kappa shape index (κ1) is 15.3. The lowest BCUT2D eigenvalue weighted by Gasteiger charge is -2.28. The van der Waals surface area contributed by atoms with Crippen LogP contribution in [-0.2, 0) is 0 Å². The molecule has 2 aromatic heterocycles. The molecule has 0 aliphatic heterocycles. The fraction of sp³-hybridized carbons (Fsp3) is 0.429. The molecule has 5 heteroatoms. The van der Waals surface area contributed by atoms with Crippen molar-refractivity contribution in [3.63, 3.8) is 0 Å². The van der Waals surface area contributed by atoms with Crippen molar-refractivity contribution in [2.75, 3.05) is 44.8 Å². The predicted molar refractivity (Wildman–Crippen MR) is 82.0 cm³/mol. The monoisotopic (exact) mass is 263 g/mol. The van der Waals surface area contributed by atoms with E-state index >= 15 is 0 Å². The minimum Gasteiger partial charge on any atom is -0.394 e. The molecule has 0 aliphatic rings. The zero-order valence-electron chi connectivity index (χ0n) is 12.3. The van der Waals surface area contributed by atoms with Crippen LogP contribution in [0.4, 0.5) is 11.5 Å². The van der Waals surface area contributed by atoms with Gasteiger partial charge in [0, 0.05) is 6.20 Å². The summed E-state index contributed by atoms with van der Waals surface area (Å²) in [5, 5.41) is 7.75. The number of likely N-dealkylation sites (N-methyl/N-ethyl adjacent to an activating group) is 1. The number of nitrogens with zero attached hydrogens (tertiary/aromatic N) is 3. The van der Waals surface area contributed by atoms with Crippen LogP contribution >= 0.6 is 0 Å². The highest BCUT2D eigenvalue weighted by Gasteiger charge is 2.13. The Morgan fingerprint density at radius 2 is 2.11 bits per heavy atom. The van der Waals surface area contributed by atoms with Gasteiger partial charge in [-0.1, -0.05) is 6.07 Å². The minimum absolute atomic E-state index is 0. The third kappa shape index (κ3) is 3.38. The number of pyridine rings is 1. The maximum absolute atomic E-state index is 6.07. The molecule has 3 N–H and O–H groups in total. The van der Waals surface area contributed by atoms with Gasteiger partial charge in [0.15, 0.2) is 5.82 Å². The fourth-order valence-corrected chi connectivity index (χ4v) is 1.78. The fourth-order valence-electron chi connectivity index (χ4n) is 1.78. The van der Waals surface area contributed by atoms with Gasteiger partial charge < -0.3 is 23.0 Å². The average molecular weight is 263 g/mol. The minimum atomic E-state index is 0. The van der Waals surface area contributed by atoms with Crippen LogP contribution in [-0.4, -0.2) is 47.8 Å². The third-order valence-corrected chi connectivity index (χ3v) is 3.44. The molecule has 0 bridgehead atoms. The number of aromatic nitrogens is 2. The zero-order chi connectivity index (χ0) is 13.2. The Morgan fingerprint density at radius 3 is 2.74 bits per heavy atom. The van der Waals surface area contributed by atoms with Crippen LogP contribution in [0.15, 0.2) is 24.4 Å². The van der Waals surface area contributed by atoms with Crippen molar-refractivity contribution in [1.82, 2.24) is 9.61 Å². The van der Waals surface area contributed by atoms with E-state index in [1.54, 1.807) is 4.52 Å². The van der Waals surface area contributed by atoms with Gasteiger partial charge in [0.2, 0.25) is 0 Å². The van der Waals surface area contributed by atoms with Crippen LogP contribution in [0, 0.1) is 7.43 Å². The van der Waals surface area contributed by atoms with E-state index in [0.717, 1.165) is 41.1 Å². The summed E-state index contributed by atoms with van der Waals surface area (Å²) in [6.45, 7) is 5.22. The van der Waals surface area contributed by atoms with E-state index in [1.165, 1.54) is 0 Å². The van der Waals surface area contributed by atoms with E-state index in [-0.39, 0.29) is 7.43 Å². The van der Waals surface area contributed by atoms with Crippen LogP contribution in [0.2, 0.25) is 0 Å². The van der Waals surface area contributed by atoms with Gasteiger partial charge in [0.1, 0.15) is 5.69 Å². The standard InChI is InChI=1S/C13H22N5.CH3/c1-4-18(2,3)10-8-15-13-12(14)11-7-5-6-9-17(11)16-13;/h5-7,9H,4,8,10,14H2,1-3H3,(H,15,16);1H3/q+1;-1. The summed E-state index contributed by atoms with van der Waals surface area (Å²) >= 11 is 0. The number of hydrogen-bond acceptors (Lipinski definition) is 3. The lowest BCUT2D eigenvalue weighted by Crippen LogP contribution is -2.42. The molecule has 2 rings (SSSR count). The lowest BCUT2D eigenvalue weighted by molar-refractivity contribution is -0.886. The molecule has 0 aliphatic carbocycles. The molecular weight excluding hydrogens is 238 g/mol. The molecule has 0 aromatic carbocycles. The van der Waals surface area contributed by atoms with Gasteiger partial charge in [0.25, 0.3) is 0 Å². The second-order valence-corrected chi connectivity index (χ2v) is 5.20. The first-order chi connectivity index (χ1) is 8.53. The van der Waals surface area contributed by atoms with E-state index in [1.807, 2.05) is 24.4 Å². The molecular formula is C14H25N5. The summed E-state index contributed by atoms with van der Waals surface area (Å²) in [5.74, 6) is 0.775. The molecule has 2 aromatic rings. The third-order valence-electron chi connectivity index (χ3n) is 3.44. The van der Waals surface area contributed by atoms with Crippen molar-refractivity contribution >= 4 is 17.0 Å². The largest absolute Gasteiger partial charge is 0.394 e. The van der Waals surface area contributed by atoms with Gasteiger partial charge in [0.05, 0.1) is 39.2 Å². The Morgan fingerprint density at radius 1 is 1.37 bits per heavy atom. The highest BCUT2D eigenvalue weighted by atomic mass is 15.3. The molecule has 0 amide bonds. The normalized spacial score (nSPS) is 11.3. The molecule has 19 heavy (non-hydrogen) atoms. The summed E-state index contributed by atoms with van der Waals surface area (Å²) in [5.41, 5.74) is 7.74. The molecule has 0 atom stereocenters. The molecule has 0 radical (unpaired) electrons. The molecule has 5 nitrogen and oxygen atoms in total. The Bertz CT molecular complexity index is 530. The second-order valence-electron chi connectivity index (χ2n) is 5.20. The van der Waals surface area contributed by atoms with Crippen LogP contribution in [0.3, 0.4) is 0 Å². The number of anilines is 2. The molecule has 2 heterocycles. The lowest BCUT2D eigenvalue weighted by atomic mass is 10.3. The molecule has 0 unspecified atom stereocenters. The molecule has 106 valence electrons. The highest BCUT2D eigenvalue weighted by molar-refractivity contribution is 5.80. The smallest absolute Gasteiger partial charge is 0.172 e. The van der Waals surface area contributed by atoms with E-state index in [0.29, 0.717) is 0 Å². The van der Waals surface area contributed by atoms with E-state index in [4.69, 9.17) is 5.73 Å². The number of nitrogen functional groups attached to an aromatic ring is 1. The quantitative estimate of drug-likeness (QED) is 0.639. The van der Waals surface area contributed by atoms with Gasteiger partial charge in [-0.25, -0.2) is 4.52 Å². The van der Waals surface area contributed by atoms with Crippen LogP contribution in [0.1, 0.15) is 6.92 Å². The number of hydrogen-bond donors (Lipinski definition) is 2. The first-order valence-electron chi connectivity index (χ1n) is 6.32. The van der Waals surface area contributed by atoms with Gasteiger partial charge in [-0.3, -0.25) is 0 Å². The SMILES string of the molecule is CC[N+](C)(C)CCNc1nn2ccccc2c1N.[CH3-]. The van der Waals surface area contributed by atoms with Crippen molar-refractivity contribution in [2.45, 2.75) is 6.92 Å². The summed E-state index contributed by atoms with van der Waals surface area (Å²) in [4.78, 5) is 0. The molecule has 0 saturated carbocycles. The van der Waals surface area contributed by atoms with E-state index < -0.39 is 0 Å². The van der Waals surface area contributed by atoms with E-state index in [9.17, 15) is 0 Å². The van der Waals surface area contributed by atoms with Gasteiger partial charge in [-0.15, -0.1) is 5.10 Å². The summed E-state index contributed by atoms with van der Waals surface area (Å²) in [6, 6.07) is 5.88. The summed E-state index contributed by atoms with van der Waals surface area (Å²) < 4.78 is 2.79. The topological polar surface area (TPSA) is 55.4 Å². The maximum atomic E-state index is 6.07. The zero-order valence-corrected chi connectivity index (χ0v) is 12.3. The Labute approximate surface area is 115 Å². The maximum Gasteiger partial charge on any atom is 0.172 e. The van der Waals surface area contributed by atoms with Crippen molar-refractivity contribution in [1.29, 1.82) is 0 Å². The van der Waals surface area contributed by atoms with Crippen molar-refractivity contribution in [3.05, 3.63) is 31.8 Å². The Kier molecular flexibility index (Phi) is 4.78.